The summed E-state index contributed by atoms with van der Waals surface area (Å²) in [6, 6.07) is 16.6. The summed E-state index contributed by atoms with van der Waals surface area (Å²) in [5.41, 5.74) is 11.0. The van der Waals surface area contributed by atoms with E-state index >= 15 is 0 Å². The van der Waals surface area contributed by atoms with Gasteiger partial charge in [-0.05, 0) is 35.6 Å². The van der Waals surface area contributed by atoms with E-state index in [1.54, 1.807) is 0 Å². The van der Waals surface area contributed by atoms with Gasteiger partial charge in [-0.25, -0.2) is 0 Å². The summed E-state index contributed by atoms with van der Waals surface area (Å²) in [5.74, 6) is 0.230. The summed E-state index contributed by atoms with van der Waals surface area (Å²) < 4.78 is 0. The van der Waals surface area contributed by atoms with Crippen LogP contribution in [0.15, 0.2) is 48.5 Å². The third-order valence-corrected chi connectivity index (χ3v) is 4.56. The van der Waals surface area contributed by atoms with Crippen molar-refractivity contribution < 1.29 is 5.11 Å². The fourth-order valence-electron chi connectivity index (χ4n) is 3.34. The first kappa shape index (κ1) is 13.3. The van der Waals surface area contributed by atoms with Crippen molar-refractivity contribution in [3.63, 3.8) is 0 Å². The van der Waals surface area contributed by atoms with Gasteiger partial charge in [-0.15, -0.1) is 0 Å². The quantitative estimate of drug-likeness (QED) is 0.894. The van der Waals surface area contributed by atoms with Gasteiger partial charge in [0, 0.05) is 18.4 Å². The largest absolute Gasteiger partial charge is 0.392 e. The number of aliphatic hydroxyl groups excluding tert-OH is 1. The van der Waals surface area contributed by atoms with Gasteiger partial charge in [-0.2, -0.15) is 0 Å². The summed E-state index contributed by atoms with van der Waals surface area (Å²) in [6.45, 7) is 2.56. The molecule has 2 heteroatoms. The van der Waals surface area contributed by atoms with Crippen molar-refractivity contribution in [2.24, 2.45) is 5.73 Å². The van der Waals surface area contributed by atoms with Crippen molar-refractivity contribution in [2.45, 2.75) is 31.3 Å². The summed E-state index contributed by atoms with van der Waals surface area (Å²) in [7, 11) is 0. The maximum absolute atomic E-state index is 10.8. The first-order chi connectivity index (χ1) is 9.72. The standard InChI is InChI=1S/C18H21NO/c1-12-6-2-4-8-14(12)17(11-19)18(20)16-10-13-7-3-5-9-15(13)16/h2-9,16-18,20H,10-11,19H2,1H3. The lowest BCUT2D eigenvalue weighted by atomic mass is 9.70. The Kier molecular flexibility index (Phi) is 3.60. The van der Waals surface area contributed by atoms with Gasteiger partial charge in [0.1, 0.15) is 0 Å². The second-order valence-electron chi connectivity index (χ2n) is 5.70. The van der Waals surface area contributed by atoms with Crippen LogP contribution in [0.5, 0.6) is 0 Å². The van der Waals surface area contributed by atoms with E-state index in [2.05, 4.69) is 37.3 Å². The minimum Gasteiger partial charge on any atom is -0.392 e. The van der Waals surface area contributed by atoms with Crippen LogP contribution in [0.25, 0.3) is 0 Å². The van der Waals surface area contributed by atoms with E-state index in [1.165, 1.54) is 22.3 Å². The Morgan fingerprint density at radius 2 is 1.85 bits per heavy atom. The Bertz CT molecular complexity index is 608. The smallest absolute Gasteiger partial charge is 0.0692 e. The maximum atomic E-state index is 10.8. The van der Waals surface area contributed by atoms with E-state index in [0.29, 0.717) is 6.54 Å². The van der Waals surface area contributed by atoms with Crippen molar-refractivity contribution in [1.82, 2.24) is 0 Å². The Labute approximate surface area is 120 Å². The van der Waals surface area contributed by atoms with E-state index in [9.17, 15) is 5.11 Å². The molecule has 3 unspecified atom stereocenters. The predicted octanol–water partition coefficient (Wildman–Crippen LogP) is 2.74. The van der Waals surface area contributed by atoms with Gasteiger partial charge in [0.25, 0.3) is 0 Å². The summed E-state index contributed by atoms with van der Waals surface area (Å²) in [6.07, 6.45) is 0.552. The van der Waals surface area contributed by atoms with E-state index in [1.807, 2.05) is 18.2 Å². The monoisotopic (exact) mass is 267 g/mol. The van der Waals surface area contributed by atoms with Gasteiger partial charge in [-0.3, -0.25) is 0 Å². The molecular weight excluding hydrogens is 246 g/mol. The molecule has 3 rings (SSSR count). The van der Waals surface area contributed by atoms with Crippen molar-refractivity contribution >= 4 is 0 Å². The molecule has 20 heavy (non-hydrogen) atoms. The molecule has 0 aromatic heterocycles. The lowest BCUT2D eigenvalue weighted by Gasteiger charge is -2.37. The third-order valence-electron chi connectivity index (χ3n) is 4.56. The van der Waals surface area contributed by atoms with Gasteiger partial charge in [0.05, 0.1) is 6.10 Å². The van der Waals surface area contributed by atoms with E-state index in [0.717, 1.165) is 6.42 Å². The molecule has 0 spiro atoms. The number of benzene rings is 2. The highest BCUT2D eigenvalue weighted by Gasteiger charge is 2.36. The van der Waals surface area contributed by atoms with Crippen molar-refractivity contribution in [2.75, 3.05) is 6.54 Å². The third kappa shape index (κ3) is 2.15. The fourth-order valence-corrected chi connectivity index (χ4v) is 3.34. The van der Waals surface area contributed by atoms with Crippen LogP contribution < -0.4 is 5.73 Å². The van der Waals surface area contributed by atoms with Gasteiger partial charge in [-0.1, -0.05) is 48.5 Å². The maximum Gasteiger partial charge on any atom is 0.0692 e. The van der Waals surface area contributed by atoms with Crippen LogP contribution >= 0.6 is 0 Å². The predicted molar refractivity (Wildman–Crippen MR) is 81.9 cm³/mol. The number of hydrogen-bond donors (Lipinski definition) is 2. The number of nitrogens with two attached hydrogens (primary N) is 1. The van der Waals surface area contributed by atoms with Crippen LogP contribution in [0.2, 0.25) is 0 Å². The van der Waals surface area contributed by atoms with E-state index in [4.69, 9.17) is 5.73 Å². The lowest BCUT2D eigenvalue weighted by Crippen LogP contribution is -2.37. The van der Waals surface area contributed by atoms with Gasteiger partial charge in [0.15, 0.2) is 0 Å². The first-order valence-corrected chi connectivity index (χ1v) is 7.24. The number of rotatable bonds is 4. The SMILES string of the molecule is Cc1ccccc1C(CN)C(O)C1Cc2ccccc21. The molecule has 2 aromatic rings. The second kappa shape index (κ2) is 5.39. The molecule has 3 N–H and O–H groups in total. The average molecular weight is 267 g/mol. The van der Waals surface area contributed by atoms with Crippen LogP contribution in [-0.2, 0) is 6.42 Å². The average Bonchev–Trinajstić information content (AvgIpc) is 2.43. The molecule has 0 amide bonds. The number of hydrogen-bond acceptors (Lipinski definition) is 2. The summed E-state index contributed by atoms with van der Waals surface area (Å²) >= 11 is 0. The normalized spacial score (nSPS) is 19.9. The molecule has 1 aliphatic carbocycles. The van der Waals surface area contributed by atoms with Gasteiger partial charge >= 0.3 is 0 Å². The summed E-state index contributed by atoms with van der Waals surface area (Å²) in [4.78, 5) is 0. The zero-order chi connectivity index (χ0) is 14.1. The minimum absolute atomic E-state index is 0.00885. The molecule has 0 radical (unpaired) electrons. The highest BCUT2D eigenvalue weighted by Crippen LogP contribution is 2.41. The van der Waals surface area contributed by atoms with Gasteiger partial charge < -0.3 is 10.8 Å². The molecule has 2 nitrogen and oxygen atoms in total. The highest BCUT2D eigenvalue weighted by atomic mass is 16.3. The molecular formula is C18H21NO. The van der Waals surface area contributed by atoms with Crippen molar-refractivity contribution in [3.05, 3.63) is 70.8 Å². The zero-order valence-corrected chi connectivity index (χ0v) is 11.8. The second-order valence-corrected chi connectivity index (χ2v) is 5.70. The van der Waals surface area contributed by atoms with E-state index < -0.39 is 6.10 Å². The molecule has 0 heterocycles. The molecule has 0 fully saturated rings. The van der Waals surface area contributed by atoms with Crippen molar-refractivity contribution in [3.8, 4) is 0 Å². The van der Waals surface area contributed by atoms with Crippen molar-refractivity contribution in [1.29, 1.82) is 0 Å². The Morgan fingerprint density at radius 1 is 1.15 bits per heavy atom. The first-order valence-electron chi connectivity index (χ1n) is 7.24. The number of fused-ring (bicyclic) bond motifs is 1. The molecule has 2 aromatic carbocycles. The number of aryl methyl sites for hydroxylation is 1. The summed E-state index contributed by atoms with van der Waals surface area (Å²) in [5, 5.41) is 10.8. The molecule has 0 saturated heterocycles. The Hall–Kier alpha value is -1.64. The Balaban J connectivity index is 1.87. The van der Waals surface area contributed by atoms with Crippen LogP contribution in [0.4, 0.5) is 0 Å². The Morgan fingerprint density at radius 3 is 2.55 bits per heavy atom. The van der Waals surface area contributed by atoms with E-state index in [-0.39, 0.29) is 11.8 Å². The molecule has 104 valence electrons. The fraction of sp³-hybridized carbons (Fsp3) is 0.333. The van der Waals surface area contributed by atoms with Crippen LogP contribution in [-0.4, -0.2) is 17.8 Å². The molecule has 0 bridgehead atoms. The lowest BCUT2D eigenvalue weighted by molar-refractivity contribution is 0.106. The highest BCUT2D eigenvalue weighted by molar-refractivity contribution is 5.42. The topological polar surface area (TPSA) is 46.2 Å². The minimum atomic E-state index is -0.406. The van der Waals surface area contributed by atoms with Crippen LogP contribution in [0.1, 0.15) is 34.1 Å². The number of aliphatic hydroxyl groups is 1. The van der Waals surface area contributed by atoms with Gasteiger partial charge in [0.2, 0.25) is 0 Å². The molecule has 3 atom stereocenters. The van der Waals surface area contributed by atoms with Crippen LogP contribution in [0.3, 0.4) is 0 Å². The molecule has 0 saturated carbocycles. The molecule has 1 aliphatic rings. The zero-order valence-electron chi connectivity index (χ0n) is 11.8. The van der Waals surface area contributed by atoms with Crippen LogP contribution in [0, 0.1) is 6.92 Å². The molecule has 0 aliphatic heterocycles.